The van der Waals surface area contributed by atoms with Crippen molar-refractivity contribution in [3.63, 3.8) is 0 Å². The van der Waals surface area contributed by atoms with E-state index in [1.807, 2.05) is 60.7 Å². The van der Waals surface area contributed by atoms with Crippen LogP contribution in [-0.2, 0) is 35.9 Å². The Kier molecular flexibility index (Phi) is 8.12. The van der Waals surface area contributed by atoms with Crippen LogP contribution in [0, 0.1) is 0 Å². The molecule has 4 rings (SSSR count). The summed E-state index contributed by atoms with van der Waals surface area (Å²) in [7, 11) is 0. The average Bonchev–Trinajstić information content (AvgIpc) is 2.90. The van der Waals surface area contributed by atoms with Crippen molar-refractivity contribution in [2.75, 3.05) is 0 Å². The fourth-order valence-corrected chi connectivity index (χ4v) is 3.48. The molecular formula is C30H28N2O2. The van der Waals surface area contributed by atoms with E-state index >= 15 is 0 Å². The summed E-state index contributed by atoms with van der Waals surface area (Å²) in [6, 6.07) is 24.4. The molecule has 0 bridgehead atoms. The van der Waals surface area contributed by atoms with Gasteiger partial charge in [-0.25, -0.2) is 0 Å². The smallest absolute Gasteiger partial charge is 0.0889 e. The van der Waals surface area contributed by atoms with Crippen LogP contribution in [0.1, 0.15) is 33.4 Å². The Balaban J connectivity index is 1.32. The summed E-state index contributed by atoms with van der Waals surface area (Å²) < 4.78 is 11.8. The average molecular weight is 449 g/mol. The zero-order valence-electron chi connectivity index (χ0n) is 19.2. The number of pyridine rings is 2. The number of benzene rings is 2. The summed E-state index contributed by atoms with van der Waals surface area (Å²) in [6.45, 7) is 9.68. The maximum absolute atomic E-state index is 5.90. The van der Waals surface area contributed by atoms with E-state index in [0.717, 1.165) is 44.8 Å². The Morgan fingerprint density at radius 3 is 1.29 bits per heavy atom. The summed E-state index contributed by atoms with van der Waals surface area (Å²) in [5.74, 6) is 0. The molecule has 2 heterocycles. The minimum atomic E-state index is 0.506. The maximum atomic E-state index is 5.90. The van der Waals surface area contributed by atoms with E-state index in [1.54, 1.807) is 12.4 Å². The Morgan fingerprint density at radius 1 is 0.529 bits per heavy atom. The van der Waals surface area contributed by atoms with Crippen LogP contribution >= 0.6 is 0 Å². The van der Waals surface area contributed by atoms with E-state index < -0.39 is 0 Å². The highest BCUT2D eigenvalue weighted by atomic mass is 16.5. The monoisotopic (exact) mass is 448 g/mol. The molecule has 4 aromatic rings. The number of ether oxygens (including phenoxy) is 2. The lowest BCUT2D eigenvalue weighted by Gasteiger charge is -2.08. The second-order valence-electron chi connectivity index (χ2n) is 7.98. The van der Waals surface area contributed by atoms with Crippen molar-refractivity contribution < 1.29 is 9.47 Å². The number of rotatable bonds is 11. The molecule has 0 radical (unpaired) electrons. The van der Waals surface area contributed by atoms with Gasteiger partial charge in [-0.3, -0.25) is 9.97 Å². The molecule has 4 heteroatoms. The molecule has 4 nitrogen and oxygen atoms in total. The summed E-state index contributed by atoms with van der Waals surface area (Å²) in [5.41, 5.74) is 8.21. The number of aromatic nitrogens is 2. The van der Waals surface area contributed by atoms with Gasteiger partial charge in [0.1, 0.15) is 0 Å². The highest BCUT2D eigenvalue weighted by Crippen LogP contribution is 2.19. The van der Waals surface area contributed by atoms with Crippen molar-refractivity contribution in [1.29, 1.82) is 0 Å². The van der Waals surface area contributed by atoms with Gasteiger partial charge in [-0.15, -0.1) is 0 Å². The van der Waals surface area contributed by atoms with Crippen LogP contribution in [0.3, 0.4) is 0 Å². The Labute approximate surface area is 201 Å². The molecule has 34 heavy (non-hydrogen) atoms. The third-order valence-corrected chi connectivity index (χ3v) is 5.42. The largest absolute Gasteiger partial charge is 0.372 e. The van der Waals surface area contributed by atoms with Gasteiger partial charge in [0.05, 0.1) is 37.8 Å². The Bertz CT molecular complexity index is 1130. The first-order valence-corrected chi connectivity index (χ1v) is 11.2. The zero-order valence-corrected chi connectivity index (χ0v) is 19.2. The molecule has 0 saturated carbocycles. The lowest BCUT2D eigenvalue weighted by molar-refractivity contribution is 0.107. The predicted octanol–water partition coefficient (Wildman–Crippen LogP) is 6.86. The second kappa shape index (κ2) is 11.8. The molecule has 0 saturated heterocycles. The molecule has 0 spiro atoms. The molecule has 0 atom stereocenters. The summed E-state index contributed by atoms with van der Waals surface area (Å²) in [5, 5.41) is 0. The molecular weight excluding hydrogens is 420 g/mol. The van der Waals surface area contributed by atoms with Gasteiger partial charge in [0.15, 0.2) is 0 Å². The van der Waals surface area contributed by atoms with Crippen LogP contribution in [0.4, 0.5) is 0 Å². The van der Waals surface area contributed by atoms with E-state index in [2.05, 4.69) is 47.4 Å². The van der Waals surface area contributed by atoms with Crippen LogP contribution in [0.5, 0.6) is 0 Å². The molecule has 0 fully saturated rings. The molecule has 0 amide bonds. The third-order valence-electron chi connectivity index (χ3n) is 5.42. The molecule has 0 N–H and O–H groups in total. The van der Waals surface area contributed by atoms with E-state index in [9.17, 15) is 0 Å². The third kappa shape index (κ3) is 6.58. The van der Waals surface area contributed by atoms with Gasteiger partial charge in [0, 0.05) is 12.4 Å². The topological polar surface area (TPSA) is 44.2 Å². The number of nitrogens with zero attached hydrogens (tertiary/aromatic N) is 2. The summed E-state index contributed by atoms with van der Waals surface area (Å²) in [6.07, 6.45) is 7.26. The lowest BCUT2D eigenvalue weighted by Crippen LogP contribution is -1.98. The van der Waals surface area contributed by atoms with Gasteiger partial charge in [-0.2, -0.15) is 0 Å². The van der Waals surface area contributed by atoms with Crippen molar-refractivity contribution in [3.05, 3.63) is 132 Å². The van der Waals surface area contributed by atoms with Crippen molar-refractivity contribution in [2.45, 2.75) is 26.4 Å². The lowest BCUT2D eigenvalue weighted by atomic mass is 10.1. The van der Waals surface area contributed by atoms with Crippen LogP contribution in [0.2, 0.25) is 0 Å². The van der Waals surface area contributed by atoms with Crippen LogP contribution in [0.15, 0.2) is 98.3 Å². The quantitative estimate of drug-likeness (QED) is 0.251. The summed E-state index contributed by atoms with van der Waals surface area (Å²) >= 11 is 0. The molecule has 0 unspecified atom stereocenters. The van der Waals surface area contributed by atoms with E-state index in [0.29, 0.717) is 26.4 Å². The predicted molar refractivity (Wildman–Crippen MR) is 138 cm³/mol. The number of hydrogen-bond acceptors (Lipinski definition) is 4. The SMILES string of the molecule is C=Cc1ccc(COCc2ccnc(-c3cc(COCc4ccc(C=C)cc4)ccn3)c2)cc1. The zero-order chi connectivity index (χ0) is 23.6. The first kappa shape index (κ1) is 23.3. The van der Waals surface area contributed by atoms with E-state index in [1.165, 1.54) is 0 Å². The minimum Gasteiger partial charge on any atom is -0.372 e. The molecule has 170 valence electrons. The molecule has 2 aromatic carbocycles. The minimum absolute atomic E-state index is 0.506. The second-order valence-corrected chi connectivity index (χ2v) is 7.98. The van der Waals surface area contributed by atoms with E-state index in [-0.39, 0.29) is 0 Å². The van der Waals surface area contributed by atoms with Gasteiger partial charge in [-0.05, 0) is 57.6 Å². The van der Waals surface area contributed by atoms with Crippen molar-refractivity contribution >= 4 is 12.2 Å². The Morgan fingerprint density at radius 2 is 0.912 bits per heavy atom. The first-order valence-electron chi connectivity index (χ1n) is 11.2. The standard InChI is InChI=1S/C30H28N2O2/c1-3-23-5-9-25(10-6-23)19-33-21-27-13-15-31-29(17-27)30-18-28(14-16-32-30)22-34-20-26-11-7-24(4-2)8-12-26/h3-18H,1-2,19-22H2. The fourth-order valence-electron chi connectivity index (χ4n) is 3.48. The first-order chi connectivity index (χ1) is 16.7. The van der Waals surface area contributed by atoms with Crippen LogP contribution in [0.25, 0.3) is 23.5 Å². The van der Waals surface area contributed by atoms with Gasteiger partial charge in [-0.1, -0.05) is 73.8 Å². The molecule has 0 aliphatic rings. The van der Waals surface area contributed by atoms with Crippen LogP contribution in [-0.4, -0.2) is 9.97 Å². The molecule has 0 aliphatic carbocycles. The maximum Gasteiger partial charge on any atom is 0.0889 e. The van der Waals surface area contributed by atoms with Crippen molar-refractivity contribution in [1.82, 2.24) is 9.97 Å². The number of hydrogen-bond donors (Lipinski definition) is 0. The van der Waals surface area contributed by atoms with Gasteiger partial charge >= 0.3 is 0 Å². The molecule has 0 aliphatic heterocycles. The highest BCUT2D eigenvalue weighted by Gasteiger charge is 2.05. The highest BCUT2D eigenvalue weighted by molar-refractivity contribution is 5.55. The Hall–Kier alpha value is -3.86. The van der Waals surface area contributed by atoms with Crippen molar-refractivity contribution in [2.24, 2.45) is 0 Å². The normalized spacial score (nSPS) is 10.7. The van der Waals surface area contributed by atoms with Crippen molar-refractivity contribution in [3.8, 4) is 11.4 Å². The van der Waals surface area contributed by atoms with Crippen LogP contribution < -0.4 is 0 Å². The van der Waals surface area contributed by atoms with E-state index in [4.69, 9.17) is 9.47 Å². The van der Waals surface area contributed by atoms with Gasteiger partial charge in [0.2, 0.25) is 0 Å². The fraction of sp³-hybridized carbons (Fsp3) is 0.133. The van der Waals surface area contributed by atoms with Gasteiger partial charge < -0.3 is 9.47 Å². The van der Waals surface area contributed by atoms with Gasteiger partial charge in [0.25, 0.3) is 0 Å². The summed E-state index contributed by atoms with van der Waals surface area (Å²) in [4.78, 5) is 9.01. The molecule has 2 aromatic heterocycles.